The first kappa shape index (κ1) is 20.1. The average Bonchev–Trinajstić information content (AvgIpc) is 3.25. The molecule has 6 heteroatoms. The Morgan fingerprint density at radius 2 is 1.60 bits per heavy atom. The molecule has 3 aromatic rings. The maximum absolute atomic E-state index is 4.45. The lowest BCUT2D eigenvalue weighted by Gasteiger charge is -2.17. The van der Waals surface area contributed by atoms with Crippen LogP contribution in [0.1, 0.15) is 45.1 Å². The summed E-state index contributed by atoms with van der Waals surface area (Å²) in [5.41, 5.74) is 5.18. The number of anilines is 5. The number of nitrogens with zero attached hydrogens (tertiary/aromatic N) is 3. The van der Waals surface area contributed by atoms with E-state index in [0.717, 1.165) is 29.2 Å². The van der Waals surface area contributed by atoms with Gasteiger partial charge >= 0.3 is 0 Å². The minimum Gasteiger partial charge on any atom is -0.379 e. The first-order valence-electron chi connectivity index (χ1n) is 10.8. The van der Waals surface area contributed by atoms with Crippen LogP contribution in [0.15, 0.2) is 55.1 Å². The zero-order chi connectivity index (χ0) is 20.8. The number of aromatic nitrogens is 3. The molecule has 0 unspecified atom stereocenters. The Morgan fingerprint density at radius 3 is 2.30 bits per heavy atom. The standard InChI is InChI=1S/C24H30N6/c1-17(2)13-18-7-9-20(10-8-18)30-24-26-14-21(15-27-24)29-22-11-12-25-16-23(22)28-19-5-3-4-6-19/h7-12,14-17,19,28H,3-6,13H2,1-2H3,(H,25,29)(H,26,27,30). The molecule has 0 radical (unpaired) electrons. The van der Waals surface area contributed by atoms with E-state index in [2.05, 4.69) is 69.0 Å². The molecule has 0 amide bonds. The molecule has 156 valence electrons. The van der Waals surface area contributed by atoms with E-state index in [9.17, 15) is 0 Å². The summed E-state index contributed by atoms with van der Waals surface area (Å²) in [7, 11) is 0. The SMILES string of the molecule is CC(C)Cc1ccc(Nc2ncc(Nc3ccncc3NC3CCCC3)cn2)cc1. The van der Waals surface area contributed by atoms with Gasteiger partial charge in [-0.3, -0.25) is 4.98 Å². The second kappa shape index (κ2) is 9.57. The minimum absolute atomic E-state index is 0.532. The van der Waals surface area contributed by atoms with Crippen molar-refractivity contribution in [2.24, 2.45) is 5.92 Å². The predicted octanol–water partition coefficient (Wildman–Crippen LogP) is 5.91. The summed E-state index contributed by atoms with van der Waals surface area (Å²) < 4.78 is 0. The molecule has 30 heavy (non-hydrogen) atoms. The molecule has 0 aliphatic heterocycles. The Hall–Kier alpha value is -3.15. The van der Waals surface area contributed by atoms with E-state index in [1.165, 1.54) is 31.2 Å². The van der Waals surface area contributed by atoms with Crippen LogP contribution in [0.25, 0.3) is 0 Å². The molecule has 4 rings (SSSR count). The maximum atomic E-state index is 4.45. The number of benzene rings is 1. The zero-order valence-corrected chi connectivity index (χ0v) is 17.7. The highest BCUT2D eigenvalue weighted by molar-refractivity contribution is 5.73. The fourth-order valence-electron chi connectivity index (χ4n) is 3.85. The van der Waals surface area contributed by atoms with Gasteiger partial charge in [0.15, 0.2) is 0 Å². The van der Waals surface area contributed by atoms with Crippen LogP contribution in [-0.2, 0) is 6.42 Å². The number of rotatable bonds is 8. The van der Waals surface area contributed by atoms with E-state index in [0.29, 0.717) is 17.9 Å². The van der Waals surface area contributed by atoms with Crippen molar-refractivity contribution in [2.75, 3.05) is 16.0 Å². The minimum atomic E-state index is 0.532. The third kappa shape index (κ3) is 5.47. The Kier molecular flexibility index (Phi) is 6.42. The molecule has 1 fully saturated rings. The fraction of sp³-hybridized carbons (Fsp3) is 0.375. The van der Waals surface area contributed by atoms with Gasteiger partial charge in [-0.2, -0.15) is 0 Å². The van der Waals surface area contributed by atoms with Gasteiger partial charge in [-0.05, 0) is 48.9 Å². The lowest BCUT2D eigenvalue weighted by atomic mass is 10.0. The normalized spacial score (nSPS) is 14.1. The number of pyridine rings is 1. The highest BCUT2D eigenvalue weighted by Crippen LogP contribution is 2.28. The van der Waals surface area contributed by atoms with Gasteiger partial charge in [0.1, 0.15) is 0 Å². The monoisotopic (exact) mass is 402 g/mol. The summed E-state index contributed by atoms with van der Waals surface area (Å²) >= 11 is 0. The summed E-state index contributed by atoms with van der Waals surface area (Å²) in [5, 5.41) is 10.3. The Labute approximate surface area is 178 Å². The molecule has 0 saturated heterocycles. The summed E-state index contributed by atoms with van der Waals surface area (Å²) in [5.74, 6) is 1.23. The fourth-order valence-corrected chi connectivity index (χ4v) is 3.85. The number of hydrogen-bond donors (Lipinski definition) is 3. The Morgan fingerprint density at radius 1 is 0.867 bits per heavy atom. The lowest BCUT2D eigenvalue weighted by Crippen LogP contribution is -2.15. The topological polar surface area (TPSA) is 74.8 Å². The molecule has 3 N–H and O–H groups in total. The van der Waals surface area contributed by atoms with Gasteiger partial charge < -0.3 is 16.0 Å². The van der Waals surface area contributed by atoms with Gasteiger partial charge in [-0.15, -0.1) is 0 Å². The van der Waals surface area contributed by atoms with Gasteiger partial charge in [0.2, 0.25) is 5.95 Å². The summed E-state index contributed by atoms with van der Waals surface area (Å²) in [6, 6.07) is 11.0. The van der Waals surface area contributed by atoms with Crippen molar-refractivity contribution in [3.8, 4) is 0 Å². The average molecular weight is 403 g/mol. The molecule has 6 nitrogen and oxygen atoms in total. The van der Waals surface area contributed by atoms with Crippen LogP contribution in [0.5, 0.6) is 0 Å². The predicted molar refractivity (Wildman–Crippen MR) is 124 cm³/mol. The Bertz CT molecular complexity index is 931. The molecule has 1 aromatic carbocycles. The molecule has 1 saturated carbocycles. The maximum Gasteiger partial charge on any atom is 0.227 e. The smallest absolute Gasteiger partial charge is 0.227 e. The molecule has 1 aliphatic carbocycles. The van der Waals surface area contributed by atoms with E-state index in [1.54, 1.807) is 18.6 Å². The first-order chi connectivity index (χ1) is 14.7. The Balaban J connectivity index is 1.38. The number of hydrogen-bond acceptors (Lipinski definition) is 6. The van der Waals surface area contributed by atoms with Crippen LogP contribution in [0.4, 0.5) is 28.7 Å². The van der Waals surface area contributed by atoms with E-state index < -0.39 is 0 Å². The van der Waals surface area contributed by atoms with Crippen molar-refractivity contribution < 1.29 is 0 Å². The quantitative estimate of drug-likeness (QED) is 0.435. The van der Waals surface area contributed by atoms with Crippen molar-refractivity contribution in [3.63, 3.8) is 0 Å². The van der Waals surface area contributed by atoms with Gasteiger partial charge in [-0.25, -0.2) is 9.97 Å². The van der Waals surface area contributed by atoms with E-state index in [-0.39, 0.29) is 0 Å². The van der Waals surface area contributed by atoms with Crippen molar-refractivity contribution >= 4 is 28.7 Å². The molecule has 2 aromatic heterocycles. The van der Waals surface area contributed by atoms with Gasteiger partial charge in [0.05, 0.1) is 35.7 Å². The van der Waals surface area contributed by atoms with Crippen LogP contribution in [0.2, 0.25) is 0 Å². The zero-order valence-electron chi connectivity index (χ0n) is 17.7. The van der Waals surface area contributed by atoms with Crippen LogP contribution in [0.3, 0.4) is 0 Å². The molecule has 0 bridgehead atoms. The van der Waals surface area contributed by atoms with E-state index >= 15 is 0 Å². The molecule has 0 atom stereocenters. The molecule has 1 aliphatic rings. The van der Waals surface area contributed by atoms with Crippen molar-refractivity contribution in [1.82, 2.24) is 15.0 Å². The van der Waals surface area contributed by atoms with E-state index in [4.69, 9.17) is 0 Å². The molecular weight excluding hydrogens is 372 g/mol. The van der Waals surface area contributed by atoms with Crippen LogP contribution in [0, 0.1) is 5.92 Å². The third-order valence-corrected chi connectivity index (χ3v) is 5.32. The summed E-state index contributed by atoms with van der Waals surface area (Å²) in [4.78, 5) is 13.2. The second-order valence-electron chi connectivity index (χ2n) is 8.39. The number of nitrogens with one attached hydrogen (secondary N) is 3. The van der Waals surface area contributed by atoms with E-state index in [1.807, 2.05) is 12.3 Å². The largest absolute Gasteiger partial charge is 0.379 e. The molecule has 0 spiro atoms. The molecule has 2 heterocycles. The van der Waals surface area contributed by atoms with Crippen molar-refractivity contribution in [3.05, 3.63) is 60.7 Å². The molecular formula is C24H30N6. The summed E-state index contributed by atoms with van der Waals surface area (Å²) in [6.45, 7) is 4.46. The highest BCUT2D eigenvalue weighted by atomic mass is 15.1. The second-order valence-corrected chi connectivity index (χ2v) is 8.39. The van der Waals surface area contributed by atoms with Gasteiger partial charge in [0, 0.05) is 17.9 Å². The van der Waals surface area contributed by atoms with Crippen molar-refractivity contribution in [1.29, 1.82) is 0 Å². The first-order valence-corrected chi connectivity index (χ1v) is 10.8. The van der Waals surface area contributed by atoms with Gasteiger partial charge in [0.25, 0.3) is 0 Å². The lowest BCUT2D eigenvalue weighted by molar-refractivity contribution is 0.647. The van der Waals surface area contributed by atoms with Crippen LogP contribution in [-0.4, -0.2) is 21.0 Å². The third-order valence-electron chi connectivity index (χ3n) is 5.32. The van der Waals surface area contributed by atoms with Crippen molar-refractivity contribution in [2.45, 2.75) is 52.0 Å². The highest BCUT2D eigenvalue weighted by Gasteiger charge is 2.16. The van der Waals surface area contributed by atoms with Gasteiger partial charge in [-0.1, -0.05) is 38.8 Å². The van der Waals surface area contributed by atoms with Crippen LogP contribution >= 0.6 is 0 Å². The summed E-state index contributed by atoms with van der Waals surface area (Å²) in [6.07, 6.45) is 13.4. The van der Waals surface area contributed by atoms with Crippen LogP contribution < -0.4 is 16.0 Å².